The molecule has 0 unspecified atom stereocenters. The van der Waals surface area contributed by atoms with Crippen LogP contribution >= 0.6 is 23.2 Å². The van der Waals surface area contributed by atoms with Gasteiger partial charge in [0.1, 0.15) is 11.6 Å². The lowest BCUT2D eigenvalue weighted by atomic mass is 10.1. The zero-order valence-corrected chi connectivity index (χ0v) is 20.9. The van der Waals surface area contributed by atoms with Crippen LogP contribution in [-0.4, -0.2) is 66.9 Å². The fraction of sp³-hybridized carbons (Fsp3) is 0.400. The molecule has 4 heterocycles. The van der Waals surface area contributed by atoms with E-state index in [2.05, 4.69) is 38.7 Å². The number of piperazine rings is 1. The number of morpholine rings is 1. The summed E-state index contributed by atoms with van der Waals surface area (Å²) in [7, 11) is 0. The van der Waals surface area contributed by atoms with Gasteiger partial charge < -0.3 is 19.4 Å². The van der Waals surface area contributed by atoms with Crippen LogP contribution in [0.4, 0.5) is 17.6 Å². The van der Waals surface area contributed by atoms with Gasteiger partial charge in [0.05, 0.1) is 23.9 Å². The molecule has 0 saturated carbocycles. The summed E-state index contributed by atoms with van der Waals surface area (Å²) >= 11 is 12.9. The number of aryl methyl sites for hydroxylation is 1. The van der Waals surface area contributed by atoms with Gasteiger partial charge in [-0.25, -0.2) is 9.97 Å². The van der Waals surface area contributed by atoms with E-state index in [0.717, 1.165) is 72.2 Å². The van der Waals surface area contributed by atoms with Crippen molar-refractivity contribution in [1.29, 1.82) is 0 Å². The first-order chi connectivity index (χ1) is 16.5. The van der Waals surface area contributed by atoms with E-state index < -0.39 is 0 Å². The van der Waals surface area contributed by atoms with E-state index in [0.29, 0.717) is 18.2 Å². The van der Waals surface area contributed by atoms with Gasteiger partial charge in [-0.3, -0.25) is 0 Å². The number of ether oxygens (including phenoxy) is 1. The molecule has 0 N–H and O–H groups in total. The summed E-state index contributed by atoms with van der Waals surface area (Å²) in [5.74, 6) is 2.49. The molecule has 178 valence electrons. The normalized spacial score (nSPS) is 18.9. The monoisotopic (exact) mass is 498 g/mol. The van der Waals surface area contributed by atoms with Gasteiger partial charge in [0, 0.05) is 61.6 Å². The smallest absolute Gasteiger partial charge is 0.228 e. The number of halogens is 2. The van der Waals surface area contributed by atoms with E-state index in [9.17, 15) is 0 Å². The molecule has 1 atom stereocenters. The second-order valence-corrected chi connectivity index (χ2v) is 9.59. The summed E-state index contributed by atoms with van der Waals surface area (Å²) in [6, 6.07) is 12.1. The molecule has 9 heteroatoms. The fourth-order valence-electron chi connectivity index (χ4n) is 4.47. The van der Waals surface area contributed by atoms with Gasteiger partial charge in [0.2, 0.25) is 5.95 Å². The van der Waals surface area contributed by atoms with E-state index in [1.807, 2.05) is 31.2 Å². The van der Waals surface area contributed by atoms with Crippen molar-refractivity contribution in [3.8, 4) is 11.3 Å². The van der Waals surface area contributed by atoms with Gasteiger partial charge >= 0.3 is 0 Å². The highest BCUT2D eigenvalue weighted by Gasteiger charge is 2.28. The van der Waals surface area contributed by atoms with E-state index in [1.54, 1.807) is 6.20 Å². The van der Waals surface area contributed by atoms with Crippen molar-refractivity contribution < 1.29 is 4.74 Å². The average Bonchev–Trinajstić information content (AvgIpc) is 2.86. The molecule has 2 fully saturated rings. The Morgan fingerprint density at radius 2 is 1.76 bits per heavy atom. The minimum Gasteiger partial charge on any atom is -0.378 e. The Bertz CT molecular complexity index is 1170. The Labute approximate surface area is 210 Å². The molecule has 2 aliphatic rings. The van der Waals surface area contributed by atoms with Crippen molar-refractivity contribution in [2.45, 2.75) is 19.9 Å². The molecular formula is C25H28Cl2N6O. The molecule has 34 heavy (non-hydrogen) atoms. The number of pyridine rings is 1. The number of rotatable bonds is 4. The lowest BCUT2D eigenvalue weighted by Crippen LogP contribution is -2.53. The summed E-state index contributed by atoms with van der Waals surface area (Å²) < 4.78 is 5.54. The Balaban J connectivity index is 1.47. The summed E-state index contributed by atoms with van der Waals surface area (Å²) in [5, 5.41) is 1.41. The van der Waals surface area contributed by atoms with Crippen LogP contribution in [0.5, 0.6) is 0 Å². The van der Waals surface area contributed by atoms with E-state index in [-0.39, 0.29) is 6.04 Å². The lowest BCUT2D eigenvalue weighted by Gasteiger charge is -2.41. The van der Waals surface area contributed by atoms with Crippen molar-refractivity contribution >= 4 is 40.8 Å². The van der Waals surface area contributed by atoms with Crippen molar-refractivity contribution in [3.05, 3.63) is 58.2 Å². The molecular weight excluding hydrogens is 471 g/mol. The Morgan fingerprint density at radius 1 is 0.941 bits per heavy atom. The number of nitrogens with zero attached hydrogens (tertiary/aromatic N) is 6. The Kier molecular flexibility index (Phi) is 6.77. The highest BCUT2D eigenvalue weighted by atomic mass is 35.5. The zero-order chi connectivity index (χ0) is 23.7. The van der Waals surface area contributed by atoms with Crippen LogP contribution in [0.3, 0.4) is 0 Å². The summed E-state index contributed by atoms with van der Waals surface area (Å²) in [6.45, 7) is 9.55. The minimum absolute atomic E-state index is 0.216. The first-order valence-corrected chi connectivity index (χ1v) is 12.4. The van der Waals surface area contributed by atoms with E-state index in [4.69, 9.17) is 37.9 Å². The molecule has 1 aromatic carbocycles. The molecule has 0 amide bonds. The van der Waals surface area contributed by atoms with Crippen LogP contribution in [0.25, 0.3) is 11.3 Å². The number of benzene rings is 1. The Hall–Kier alpha value is -2.61. The van der Waals surface area contributed by atoms with E-state index >= 15 is 0 Å². The number of anilines is 3. The van der Waals surface area contributed by atoms with Crippen LogP contribution in [0, 0.1) is 6.92 Å². The van der Waals surface area contributed by atoms with Crippen LogP contribution < -0.4 is 14.7 Å². The highest BCUT2D eigenvalue weighted by Crippen LogP contribution is 2.31. The third-order valence-corrected chi connectivity index (χ3v) is 7.12. The van der Waals surface area contributed by atoms with Crippen molar-refractivity contribution in [3.63, 3.8) is 0 Å². The van der Waals surface area contributed by atoms with Gasteiger partial charge in [-0.1, -0.05) is 35.3 Å². The first kappa shape index (κ1) is 23.1. The summed E-state index contributed by atoms with van der Waals surface area (Å²) in [4.78, 5) is 21.2. The molecule has 2 aromatic heterocycles. The minimum atomic E-state index is 0.216. The Morgan fingerprint density at radius 3 is 2.50 bits per heavy atom. The van der Waals surface area contributed by atoms with Gasteiger partial charge in [-0.2, -0.15) is 4.98 Å². The average molecular weight is 499 g/mol. The number of aromatic nitrogens is 3. The largest absolute Gasteiger partial charge is 0.378 e. The third-order valence-electron chi connectivity index (χ3n) is 6.42. The van der Waals surface area contributed by atoms with Gasteiger partial charge in [-0.15, -0.1) is 0 Å². The highest BCUT2D eigenvalue weighted by molar-refractivity contribution is 6.33. The molecule has 7 nitrogen and oxygen atoms in total. The van der Waals surface area contributed by atoms with Crippen LogP contribution in [-0.2, 0) is 4.74 Å². The van der Waals surface area contributed by atoms with Crippen LogP contribution in [0.1, 0.15) is 12.5 Å². The quantitative estimate of drug-likeness (QED) is 0.516. The second kappa shape index (κ2) is 9.94. The maximum Gasteiger partial charge on any atom is 0.228 e. The number of hydrogen-bond acceptors (Lipinski definition) is 7. The predicted molar refractivity (Wildman–Crippen MR) is 139 cm³/mol. The molecule has 3 aromatic rings. The first-order valence-electron chi connectivity index (χ1n) is 11.6. The summed E-state index contributed by atoms with van der Waals surface area (Å²) in [5.41, 5.74) is 2.90. The fourth-order valence-corrected chi connectivity index (χ4v) is 4.90. The molecule has 5 rings (SSSR count). The van der Waals surface area contributed by atoms with Crippen LogP contribution in [0.15, 0.2) is 42.6 Å². The summed E-state index contributed by atoms with van der Waals surface area (Å²) in [6.07, 6.45) is 1.79. The second-order valence-electron chi connectivity index (χ2n) is 8.77. The maximum atomic E-state index is 6.45. The predicted octanol–water partition coefficient (Wildman–Crippen LogP) is 4.71. The van der Waals surface area contributed by atoms with Gasteiger partial charge in [-0.05, 0) is 37.6 Å². The molecule has 0 aliphatic carbocycles. The maximum absolute atomic E-state index is 6.45. The SMILES string of the molecule is Cc1ccc(-c2cc(N3CCN(c4ncccc4Cl)C[C@H]3C)nc(N3CCOCC3)n2)cc1Cl. The zero-order valence-electron chi connectivity index (χ0n) is 19.4. The van der Waals surface area contributed by atoms with E-state index in [1.165, 1.54) is 0 Å². The van der Waals surface area contributed by atoms with Gasteiger partial charge in [0.15, 0.2) is 0 Å². The number of hydrogen-bond donors (Lipinski definition) is 0. The molecule has 0 spiro atoms. The third kappa shape index (κ3) is 4.78. The standard InChI is InChI=1S/C25H28Cl2N6O/c1-17-5-6-19(14-21(17)27)22-15-23(30-25(29-22)31-10-12-34-13-11-31)33-9-8-32(16-18(33)2)24-20(26)4-3-7-28-24/h3-7,14-15,18H,8-13,16H2,1-2H3/t18-/m1/s1. The van der Waals surface area contributed by atoms with Gasteiger partial charge in [0.25, 0.3) is 0 Å². The van der Waals surface area contributed by atoms with Crippen molar-refractivity contribution in [2.24, 2.45) is 0 Å². The van der Waals surface area contributed by atoms with Crippen LogP contribution in [0.2, 0.25) is 10.0 Å². The lowest BCUT2D eigenvalue weighted by molar-refractivity contribution is 0.122. The molecule has 0 radical (unpaired) electrons. The van der Waals surface area contributed by atoms with Crippen molar-refractivity contribution in [1.82, 2.24) is 15.0 Å². The molecule has 2 aliphatic heterocycles. The molecule has 2 saturated heterocycles. The van der Waals surface area contributed by atoms with Crippen molar-refractivity contribution in [2.75, 3.05) is 60.6 Å². The topological polar surface area (TPSA) is 57.6 Å². The molecule has 0 bridgehead atoms.